The fourth-order valence-electron chi connectivity index (χ4n) is 4.57. The number of halogens is 3. The van der Waals surface area contributed by atoms with Gasteiger partial charge >= 0.3 is 5.97 Å². The predicted molar refractivity (Wildman–Crippen MR) is 164 cm³/mol. The molecule has 0 saturated carbocycles. The second-order valence-corrected chi connectivity index (χ2v) is 12.1. The Labute approximate surface area is 256 Å². The van der Waals surface area contributed by atoms with E-state index < -0.39 is 12.0 Å². The van der Waals surface area contributed by atoms with Gasteiger partial charge in [-0.2, -0.15) is 0 Å². The SMILES string of the molecule is CCOC(=O)C1=C(C)N=c2s/c(=C/c3cc(Br)c(OCc4ccccc4F)c(Br)c3)c(=O)n2[C@H]1c1ccc(C)cc1. The molecular weight excluding hydrogens is 675 g/mol. The third kappa shape index (κ3) is 6.00. The maximum absolute atomic E-state index is 14.0. The molecule has 1 atom stereocenters. The van der Waals surface area contributed by atoms with Gasteiger partial charge in [-0.1, -0.05) is 59.4 Å². The average molecular weight is 700 g/mol. The van der Waals surface area contributed by atoms with Crippen LogP contribution in [0.25, 0.3) is 6.08 Å². The summed E-state index contributed by atoms with van der Waals surface area (Å²) >= 11 is 8.34. The Kier molecular flexibility index (Phi) is 8.72. The molecule has 210 valence electrons. The molecule has 4 aromatic rings. The molecule has 0 bridgehead atoms. The van der Waals surface area contributed by atoms with E-state index in [-0.39, 0.29) is 24.6 Å². The van der Waals surface area contributed by atoms with Crippen LogP contribution in [-0.2, 0) is 16.1 Å². The third-order valence-corrected chi connectivity index (χ3v) is 8.72. The van der Waals surface area contributed by atoms with Crippen molar-refractivity contribution in [1.29, 1.82) is 0 Å². The van der Waals surface area contributed by atoms with Gasteiger partial charge in [0.2, 0.25) is 0 Å². The molecule has 0 fully saturated rings. The Bertz CT molecular complexity index is 1840. The summed E-state index contributed by atoms with van der Waals surface area (Å²) in [6.07, 6.45) is 1.77. The van der Waals surface area contributed by atoms with Crippen LogP contribution in [0.1, 0.15) is 42.1 Å². The monoisotopic (exact) mass is 698 g/mol. The number of aromatic nitrogens is 1. The number of benzene rings is 3. The lowest BCUT2D eigenvalue weighted by molar-refractivity contribution is -0.139. The lowest BCUT2D eigenvalue weighted by Crippen LogP contribution is -2.39. The van der Waals surface area contributed by atoms with Crippen molar-refractivity contribution < 1.29 is 18.7 Å². The first kappa shape index (κ1) is 29.2. The van der Waals surface area contributed by atoms with Crippen molar-refractivity contribution >= 4 is 55.2 Å². The first-order valence-electron chi connectivity index (χ1n) is 12.8. The number of fused-ring (bicyclic) bond motifs is 1. The lowest BCUT2D eigenvalue weighted by Gasteiger charge is -2.24. The standard InChI is InChI=1S/C31H25Br2FN2O4S/c1-4-39-30(38)26-18(3)35-31-36(27(26)20-11-9-17(2)10-12-20)29(37)25(41-31)15-19-13-22(32)28(23(33)14-19)40-16-21-7-5-6-8-24(21)34/h5-15,27H,4,16H2,1-3H3/b25-15+/t27-/m0/s1. The summed E-state index contributed by atoms with van der Waals surface area (Å²) in [6.45, 7) is 5.76. The number of carbonyl (C=O) groups is 1. The van der Waals surface area contributed by atoms with Crippen LogP contribution in [0.4, 0.5) is 4.39 Å². The number of aryl methyl sites for hydroxylation is 1. The van der Waals surface area contributed by atoms with Gasteiger partial charge < -0.3 is 9.47 Å². The molecule has 3 aromatic carbocycles. The maximum atomic E-state index is 14.0. The van der Waals surface area contributed by atoms with E-state index in [9.17, 15) is 14.0 Å². The minimum absolute atomic E-state index is 0.0585. The van der Waals surface area contributed by atoms with E-state index in [1.807, 2.05) is 43.3 Å². The molecule has 0 radical (unpaired) electrons. The molecule has 0 saturated heterocycles. The van der Waals surface area contributed by atoms with Crippen LogP contribution in [0.3, 0.4) is 0 Å². The molecular formula is C31H25Br2FN2O4S. The van der Waals surface area contributed by atoms with Crippen molar-refractivity contribution in [3.8, 4) is 5.75 Å². The van der Waals surface area contributed by atoms with Gasteiger partial charge in [0.15, 0.2) is 4.80 Å². The first-order chi connectivity index (χ1) is 19.7. The van der Waals surface area contributed by atoms with Gasteiger partial charge in [-0.15, -0.1) is 0 Å². The zero-order valence-electron chi connectivity index (χ0n) is 22.4. The maximum Gasteiger partial charge on any atom is 0.338 e. The average Bonchev–Trinajstić information content (AvgIpc) is 3.23. The van der Waals surface area contributed by atoms with Gasteiger partial charge in [0.1, 0.15) is 18.2 Å². The molecule has 1 aromatic heterocycles. The quantitative estimate of drug-likeness (QED) is 0.211. The minimum atomic E-state index is -0.666. The number of rotatable bonds is 7. The summed E-state index contributed by atoms with van der Waals surface area (Å²) in [5.41, 5.74) is 3.64. The van der Waals surface area contributed by atoms with Crippen LogP contribution in [0, 0.1) is 12.7 Å². The molecule has 41 heavy (non-hydrogen) atoms. The van der Waals surface area contributed by atoms with Gasteiger partial charge in [0, 0.05) is 5.56 Å². The second-order valence-electron chi connectivity index (χ2n) is 9.41. The molecule has 0 aliphatic carbocycles. The zero-order chi connectivity index (χ0) is 29.3. The van der Waals surface area contributed by atoms with E-state index in [1.165, 1.54) is 17.4 Å². The molecule has 1 aliphatic heterocycles. The largest absolute Gasteiger partial charge is 0.486 e. The van der Waals surface area contributed by atoms with Crippen LogP contribution in [0.15, 0.2) is 90.7 Å². The summed E-state index contributed by atoms with van der Waals surface area (Å²) in [6, 6.07) is 17.2. The molecule has 0 N–H and O–H groups in total. The van der Waals surface area contributed by atoms with Crippen molar-refractivity contribution in [3.63, 3.8) is 0 Å². The highest BCUT2D eigenvalue weighted by molar-refractivity contribution is 9.11. The highest BCUT2D eigenvalue weighted by atomic mass is 79.9. The number of nitrogens with zero attached hydrogens (tertiary/aromatic N) is 2. The van der Waals surface area contributed by atoms with Crippen molar-refractivity contribution in [2.45, 2.75) is 33.4 Å². The van der Waals surface area contributed by atoms with Crippen molar-refractivity contribution in [3.05, 3.63) is 129 Å². The van der Waals surface area contributed by atoms with Crippen molar-refractivity contribution in [2.24, 2.45) is 4.99 Å². The number of esters is 1. The number of hydrogen-bond acceptors (Lipinski definition) is 6. The predicted octanol–water partition coefficient (Wildman–Crippen LogP) is 6.35. The molecule has 1 aliphatic rings. The van der Waals surface area contributed by atoms with Crippen LogP contribution >= 0.6 is 43.2 Å². The topological polar surface area (TPSA) is 69.9 Å². The van der Waals surface area contributed by atoms with Crippen LogP contribution in [0.5, 0.6) is 5.75 Å². The Morgan fingerprint density at radius 1 is 1.10 bits per heavy atom. The zero-order valence-corrected chi connectivity index (χ0v) is 26.4. The highest BCUT2D eigenvalue weighted by Gasteiger charge is 2.33. The molecule has 10 heteroatoms. The molecule has 6 nitrogen and oxygen atoms in total. The normalized spacial score (nSPS) is 15.0. The summed E-state index contributed by atoms with van der Waals surface area (Å²) in [5.74, 6) is -0.314. The molecule has 5 rings (SSSR count). The number of ether oxygens (including phenoxy) is 2. The van der Waals surface area contributed by atoms with Crippen LogP contribution in [0.2, 0.25) is 0 Å². The lowest BCUT2D eigenvalue weighted by atomic mass is 9.95. The summed E-state index contributed by atoms with van der Waals surface area (Å²) in [7, 11) is 0. The van der Waals surface area contributed by atoms with Crippen LogP contribution in [-0.4, -0.2) is 17.1 Å². The van der Waals surface area contributed by atoms with E-state index in [4.69, 9.17) is 9.47 Å². The minimum Gasteiger partial charge on any atom is -0.486 e. The van der Waals surface area contributed by atoms with E-state index >= 15 is 0 Å². The fraction of sp³-hybridized carbons (Fsp3) is 0.194. The van der Waals surface area contributed by atoms with Gasteiger partial charge in [-0.05, 0) is 88.0 Å². The molecule has 0 unspecified atom stereocenters. The Hall–Kier alpha value is -3.34. The van der Waals surface area contributed by atoms with Crippen molar-refractivity contribution in [1.82, 2.24) is 4.57 Å². The van der Waals surface area contributed by atoms with E-state index in [0.29, 0.717) is 40.9 Å². The first-order valence-corrected chi connectivity index (χ1v) is 15.2. The van der Waals surface area contributed by atoms with Gasteiger partial charge in [-0.3, -0.25) is 9.36 Å². The summed E-state index contributed by atoms with van der Waals surface area (Å²) in [5, 5.41) is 0. The number of carbonyl (C=O) groups excluding carboxylic acids is 1. The number of hydrogen-bond donors (Lipinski definition) is 0. The fourth-order valence-corrected chi connectivity index (χ4v) is 7.07. The van der Waals surface area contributed by atoms with Gasteiger partial charge in [0.25, 0.3) is 5.56 Å². The third-order valence-electron chi connectivity index (χ3n) is 6.56. The number of allylic oxidation sites excluding steroid dienone is 1. The Morgan fingerprint density at radius 2 is 1.78 bits per heavy atom. The van der Waals surface area contributed by atoms with E-state index in [0.717, 1.165) is 16.7 Å². The van der Waals surface area contributed by atoms with Crippen molar-refractivity contribution in [2.75, 3.05) is 6.61 Å². The number of thiazole rings is 1. The van der Waals surface area contributed by atoms with E-state index in [2.05, 4.69) is 36.9 Å². The van der Waals surface area contributed by atoms with E-state index in [1.54, 1.807) is 42.7 Å². The summed E-state index contributed by atoms with van der Waals surface area (Å²) in [4.78, 5) is 32.0. The van der Waals surface area contributed by atoms with Gasteiger partial charge in [0.05, 0.1) is 37.4 Å². The van der Waals surface area contributed by atoms with Gasteiger partial charge in [-0.25, -0.2) is 14.2 Å². The molecule has 2 heterocycles. The molecule has 0 amide bonds. The Balaban J connectivity index is 1.56. The summed E-state index contributed by atoms with van der Waals surface area (Å²) < 4.78 is 28.6. The smallest absolute Gasteiger partial charge is 0.338 e. The Morgan fingerprint density at radius 3 is 2.44 bits per heavy atom. The highest BCUT2D eigenvalue weighted by Crippen LogP contribution is 2.36. The molecule has 0 spiro atoms. The second kappa shape index (κ2) is 12.3. The van der Waals surface area contributed by atoms with Crippen LogP contribution < -0.4 is 19.6 Å².